The van der Waals surface area contributed by atoms with Crippen LogP contribution in [0, 0.1) is 5.92 Å². The van der Waals surface area contributed by atoms with Crippen molar-refractivity contribution < 1.29 is 9.84 Å². The van der Waals surface area contributed by atoms with Crippen molar-refractivity contribution in [1.29, 1.82) is 0 Å². The molecule has 1 aliphatic rings. The Bertz CT molecular complexity index is 332. The molecular weight excluding hydrogens is 200 g/mol. The van der Waals surface area contributed by atoms with Gasteiger partial charge in [-0.25, -0.2) is 0 Å². The number of aliphatic hydroxyl groups excluding tert-OH is 1. The predicted octanol–water partition coefficient (Wildman–Crippen LogP) is 2.36. The summed E-state index contributed by atoms with van der Waals surface area (Å²) in [6.45, 7) is 5.70. The van der Waals surface area contributed by atoms with Gasteiger partial charge in [-0.05, 0) is 23.3 Å². The fourth-order valence-corrected chi connectivity index (χ4v) is 2.42. The van der Waals surface area contributed by atoms with Gasteiger partial charge >= 0.3 is 0 Å². The minimum absolute atomic E-state index is 0.0582. The third kappa shape index (κ3) is 2.28. The van der Waals surface area contributed by atoms with Crippen molar-refractivity contribution >= 4 is 0 Å². The number of rotatable bonds is 2. The lowest BCUT2D eigenvalue weighted by Crippen LogP contribution is -2.40. The van der Waals surface area contributed by atoms with Gasteiger partial charge in [-0.1, -0.05) is 44.2 Å². The molecule has 2 heteroatoms. The maximum atomic E-state index is 9.66. The average Bonchev–Trinajstić information content (AvgIpc) is 2.30. The number of ether oxygens (including phenoxy) is 1. The first kappa shape index (κ1) is 11.6. The molecule has 1 aromatic carbocycles. The summed E-state index contributed by atoms with van der Waals surface area (Å²) >= 11 is 0. The average molecular weight is 220 g/mol. The second-order valence-electron chi connectivity index (χ2n) is 5.21. The van der Waals surface area contributed by atoms with Gasteiger partial charge in [0.2, 0.25) is 0 Å². The highest BCUT2D eigenvalue weighted by atomic mass is 16.5. The van der Waals surface area contributed by atoms with Crippen molar-refractivity contribution in [3.63, 3.8) is 0 Å². The highest BCUT2D eigenvalue weighted by molar-refractivity contribution is 5.24. The van der Waals surface area contributed by atoms with Crippen molar-refractivity contribution in [2.45, 2.75) is 31.8 Å². The molecule has 1 heterocycles. The van der Waals surface area contributed by atoms with Crippen LogP contribution in [-0.2, 0) is 10.2 Å². The standard InChI is InChI=1S/C14H20O2/c1-14(2,11-6-4-3-5-7-11)12-8-13(15)10-16-9-12/h3-7,12-13,15H,8-10H2,1-2H3. The van der Waals surface area contributed by atoms with E-state index in [1.54, 1.807) is 0 Å². The Morgan fingerprint density at radius 3 is 2.50 bits per heavy atom. The van der Waals surface area contributed by atoms with Crippen LogP contribution in [0.5, 0.6) is 0 Å². The zero-order valence-electron chi connectivity index (χ0n) is 10.0. The van der Waals surface area contributed by atoms with E-state index in [0.717, 1.165) is 13.0 Å². The molecular formula is C14H20O2. The van der Waals surface area contributed by atoms with E-state index >= 15 is 0 Å². The van der Waals surface area contributed by atoms with Crippen molar-refractivity contribution in [2.75, 3.05) is 13.2 Å². The van der Waals surface area contributed by atoms with Crippen LogP contribution in [0.1, 0.15) is 25.8 Å². The molecule has 1 fully saturated rings. The molecule has 88 valence electrons. The maximum Gasteiger partial charge on any atom is 0.0777 e. The van der Waals surface area contributed by atoms with Gasteiger partial charge in [0.15, 0.2) is 0 Å². The first-order valence-electron chi connectivity index (χ1n) is 5.92. The molecule has 0 bridgehead atoms. The van der Waals surface area contributed by atoms with Crippen molar-refractivity contribution in [3.05, 3.63) is 35.9 Å². The van der Waals surface area contributed by atoms with Crippen LogP contribution >= 0.6 is 0 Å². The Morgan fingerprint density at radius 2 is 1.88 bits per heavy atom. The summed E-state index contributed by atoms with van der Waals surface area (Å²) in [5.74, 6) is 0.388. The third-order valence-corrected chi connectivity index (χ3v) is 3.72. The monoisotopic (exact) mass is 220 g/mol. The van der Waals surface area contributed by atoms with Gasteiger partial charge < -0.3 is 9.84 Å². The zero-order valence-corrected chi connectivity index (χ0v) is 10.0. The van der Waals surface area contributed by atoms with Gasteiger partial charge in [-0.15, -0.1) is 0 Å². The summed E-state index contributed by atoms with van der Waals surface area (Å²) in [6.07, 6.45) is 0.531. The topological polar surface area (TPSA) is 29.5 Å². The van der Waals surface area contributed by atoms with Crippen LogP contribution < -0.4 is 0 Å². The predicted molar refractivity (Wildman–Crippen MR) is 64.4 cm³/mol. The SMILES string of the molecule is CC(C)(c1ccccc1)C1COCC(O)C1. The second kappa shape index (κ2) is 4.56. The third-order valence-electron chi connectivity index (χ3n) is 3.72. The fourth-order valence-electron chi connectivity index (χ4n) is 2.42. The minimum atomic E-state index is -0.304. The van der Waals surface area contributed by atoms with Crippen LogP contribution in [0.25, 0.3) is 0 Å². The summed E-state index contributed by atoms with van der Waals surface area (Å²) < 4.78 is 5.45. The smallest absolute Gasteiger partial charge is 0.0777 e. The highest BCUT2D eigenvalue weighted by Crippen LogP contribution is 2.36. The summed E-state index contributed by atoms with van der Waals surface area (Å²) in [5, 5.41) is 9.66. The lowest BCUT2D eigenvalue weighted by Gasteiger charge is -2.38. The Kier molecular flexibility index (Phi) is 3.31. The quantitative estimate of drug-likeness (QED) is 0.829. The Hall–Kier alpha value is -0.860. The fraction of sp³-hybridized carbons (Fsp3) is 0.571. The van der Waals surface area contributed by atoms with E-state index in [1.807, 2.05) is 6.07 Å². The number of hydrogen-bond acceptors (Lipinski definition) is 2. The molecule has 1 N–H and O–H groups in total. The van der Waals surface area contributed by atoms with Crippen molar-refractivity contribution in [1.82, 2.24) is 0 Å². The number of benzene rings is 1. The number of aliphatic hydroxyl groups is 1. The maximum absolute atomic E-state index is 9.66. The molecule has 1 saturated heterocycles. The first-order chi connectivity index (χ1) is 7.60. The zero-order chi connectivity index (χ0) is 11.6. The van der Waals surface area contributed by atoms with E-state index < -0.39 is 0 Å². The minimum Gasteiger partial charge on any atom is -0.391 e. The normalized spacial score (nSPS) is 26.7. The summed E-state index contributed by atoms with van der Waals surface area (Å²) in [7, 11) is 0. The molecule has 1 aromatic rings. The molecule has 2 atom stereocenters. The lowest BCUT2D eigenvalue weighted by molar-refractivity contribution is -0.0531. The largest absolute Gasteiger partial charge is 0.391 e. The van der Waals surface area contributed by atoms with Crippen molar-refractivity contribution in [3.8, 4) is 0 Å². The van der Waals surface area contributed by atoms with E-state index in [4.69, 9.17) is 4.74 Å². The molecule has 0 amide bonds. The summed E-state index contributed by atoms with van der Waals surface area (Å²) in [5.41, 5.74) is 1.38. The molecule has 2 unspecified atom stereocenters. The second-order valence-corrected chi connectivity index (χ2v) is 5.21. The van der Waals surface area contributed by atoms with Crippen molar-refractivity contribution in [2.24, 2.45) is 5.92 Å². The Balaban J connectivity index is 2.18. The van der Waals surface area contributed by atoms with Crippen LogP contribution in [0.2, 0.25) is 0 Å². The molecule has 2 rings (SSSR count). The van der Waals surface area contributed by atoms with E-state index in [2.05, 4.69) is 38.1 Å². The summed E-state index contributed by atoms with van der Waals surface area (Å²) in [4.78, 5) is 0. The molecule has 0 radical (unpaired) electrons. The Labute approximate surface area is 97.3 Å². The van der Waals surface area contributed by atoms with Crippen LogP contribution in [0.15, 0.2) is 30.3 Å². The summed E-state index contributed by atoms with van der Waals surface area (Å²) in [6, 6.07) is 10.5. The van der Waals surface area contributed by atoms with Gasteiger partial charge in [0.1, 0.15) is 0 Å². The van der Waals surface area contributed by atoms with Crippen LogP contribution in [-0.4, -0.2) is 24.4 Å². The molecule has 0 spiro atoms. The number of hydrogen-bond donors (Lipinski definition) is 1. The van der Waals surface area contributed by atoms with Gasteiger partial charge in [0.25, 0.3) is 0 Å². The van der Waals surface area contributed by atoms with E-state index in [1.165, 1.54) is 5.56 Å². The lowest BCUT2D eigenvalue weighted by atomic mass is 9.71. The molecule has 0 aromatic heterocycles. The van der Waals surface area contributed by atoms with E-state index in [9.17, 15) is 5.11 Å². The molecule has 16 heavy (non-hydrogen) atoms. The highest BCUT2D eigenvalue weighted by Gasteiger charge is 2.35. The van der Waals surface area contributed by atoms with E-state index in [-0.39, 0.29) is 11.5 Å². The molecule has 0 saturated carbocycles. The van der Waals surface area contributed by atoms with Crippen LogP contribution in [0.3, 0.4) is 0 Å². The van der Waals surface area contributed by atoms with Crippen LogP contribution in [0.4, 0.5) is 0 Å². The van der Waals surface area contributed by atoms with Gasteiger partial charge in [-0.2, -0.15) is 0 Å². The van der Waals surface area contributed by atoms with Gasteiger partial charge in [-0.3, -0.25) is 0 Å². The first-order valence-corrected chi connectivity index (χ1v) is 5.92. The molecule has 1 aliphatic heterocycles. The molecule has 0 aliphatic carbocycles. The van der Waals surface area contributed by atoms with Gasteiger partial charge in [0.05, 0.1) is 19.3 Å². The Morgan fingerprint density at radius 1 is 1.19 bits per heavy atom. The molecule has 2 nitrogen and oxygen atoms in total. The van der Waals surface area contributed by atoms with E-state index in [0.29, 0.717) is 12.5 Å². The van der Waals surface area contributed by atoms with Gasteiger partial charge in [0, 0.05) is 0 Å².